The van der Waals surface area contributed by atoms with Crippen LogP contribution in [0.2, 0.25) is 0 Å². The fraction of sp³-hybridized carbons (Fsp3) is 0.696. The lowest BCUT2D eigenvalue weighted by Crippen LogP contribution is -2.38. The Morgan fingerprint density at radius 2 is 2.14 bits per heavy atom. The van der Waals surface area contributed by atoms with Crippen molar-refractivity contribution >= 4 is 5.96 Å². The van der Waals surface area contributed by atoms with E-state index < -0.39 is 0 Å². The third-order valence-corrected chi connectivity index (χ3v) is 5.62. The monoisotopic (exact) mass is 402 g/mol. The zero-order chi connectivity index (χ0) is 20.3. The molecule has 6 heteroatoms. The molecule has 0 amide bonds. The quantitative estimate of drug-likeness (QED) is 0.358. The molecule has 1 aromatic rings. The van der Waals surface area contributed by atoms with Crippen molar-refractivity contribution < 1.29 is 9.47 Å². The van der Waals surface area contributed by atoms with Gasteiger partial charge in [-0.1, -0.05) is 12.1 Å². The summed E-state index contributed by atoms with van der Waals surface area (Å²) in [6, 6.07) is 6.39. The van der Waals surface area contributed by atoms with Gasteiger partial charge in [-0.15, -0.1) is 0 Å². The van der Waals surface area contributed by atoms with E-state index >= 15 is 0 Å². The third-order valence-electron chi connectivity index (χ3n) is 5.62. The second-order valence-electron chi connectivity index (χ2n) is 8.18. The maximum Gasteiger partial charge on any atom is 0.191 e. The molecule has 162 valence electrons. The largest absolute Gasteiger partial charge is 0.493 e. The van der Waals surface area contributed by atoms with Gasteiger partial charge in [-0.25, -0.2) is 4.99 Å². The lowest BCUT2D eigenvalue weighted by atomic mass is 10.1. The van der Waals surface area contributed by atoms with Gasteiger partial charge in [0.2, 0.25) is 0 Å². The molecule has 2 aliphatic rings. The first kappa shape index (κ1) is 21.9. The Morgan fingerprint density at radius 1 is 1.28 bits per heavy atom. The van der Waals surface area contributed by atoms with Gasteiger partial charge in [0.25, 0.3) is 0 Å². The van der Waals surface area contributed by atoms with Gasteiger partial charge in [-0.05, 0) is 70.8 Å². The van der Waals surface area contributed by atoms with Gasteiger partial charge >= 0.3 is 0 Å². The van der Waals surface area contributed by atoms with Gasteiger partial charge < -0.3 is 25.0 Å². The number of likely N-dealkylation sites (tertiary alicyclic amines) is 1. The molecule has 2 N–H and O–H groups in total. The van der Waals surface area contributed by atoms with Gasteiger partial charge in [0.1, 0.15) is 5.75 Å². The van der Waals surface area contributed by atoms with E-state index in [1.807, 2.05) is 0 Å². The van der Waals surface area contributed by atoms with Crippen molar-refractivity contribution in [3.63, 3.8) is 0 Å². The van der Waals surface area contributed by atoms with Crippen LogP contribution in [0, 0.1) is 12.8 Å². The van der Waals surface area contributed by atoms with E-state index in [0.717, 1.165) is 63.0 Å². The summed E-state index contributed by atoms with van der Waals surface area (Å²) in [4.78, 5) is 7.35. The Morgan fingerprint density at radius 3 is 2.90 bits per heavy atom. The highest BCUT2D eigenvalue weighted by Crippen LogP contribution is 2.23. The van der Waals surface area contributed by atoms with Crippen LogP contribution in [0.15, 0.2) is 23.2 Å². The second kappa shape index (κ2) is 12.0. The van der Waals surface area contributed by atoms with Gasteiger partial charge in [-0.3, -0.25) is 0 Å². The molecule has 0 saturated carbocycles. The molecule has 0 aliphatic carbocycles. The normalized spacial score (nSPS) is 20.2. The first-order valence-electron chi connectivity index (χ1n) is 11.3. The molecule has 6 nitrogen and oxygen atoms in total. The number of aliphatic imine (C=N–C) groups is 1. The van der Waals surface area contributed by atoms with Crippen molar-refractivity contribution in [1.29, 1.82) is 0 Å². The van der Waals surface area contributed by atoms with Crippen LogP contribution in [-0.2, 0) is 11.3 Å². The zero-order valence-corrected chi connectivity index (χ0v) is 18.2. The third kappa shape index (κ3) is 7.52. The lowest BCUT2D eigenvalue weighted by molar-refractivity contribution is 0.166. The summed E-state index contributed by atoms with van der Waals surface area (Å²) >= 11 is 0. The molecule has 2 heterocycles. The maximum atomic E-state index is 6.15. The molecule has 1 unspecified atom stereocenters. The van der Waals surface area contributed by atoms with Gasteiger partial charge in [0.05, 0.1) is 19.8 Å². The first-order chi connectivity index (χ1) is 14.2. The molecule has 0 radical (unpaired) electrons. The molecule has 1 aromatic carbocycles. The Bertz CT molecular complexity index is 638. The molecule has 0 spiro atoms. The van der Waals surface area contributed by atoms with Crippen molar-refractivity contribution in [2.75, 3.05) is 52.5 Å². The molecular formula is C23H38N4O2. The highest BCUT2D eigenvalue weighted by atomic mass is 16.5. The number of hydrogen-bond acceptors (Lipinski definition) is 4. The fourth-order valence-electron chi connectivity index (χ4n) is 3.87. The van der Waals surface area contributed by atoms with E-state index in [-0.39, 0.29) is 0 Å². The Balaban J connectivity index is 1.51. The number of ether oxygens (including phenoxy) is 2. The number of nitrogens with one attached hydrogen (secondary N) is 2. The average molecular weight is 403 g/mol. The van der Waals surface area contributed by atoms with Crippen LogP contribution in [-0.4, -0.2) is 63.4 Å². The molecule has 2 aliphatic heterocycles. The fourth-order valence-corrected chi connectivity index (χ4v) is 3.87. The summed E-state index contributed by atoms with van der Waals surface area (Å²) in [6.07, 6.45) is 4.94. The summed E-state index contributed by atoms with van der Waals surface area (Å²) in [5, 5.41) is 6.83. The summed E-state index contributed by atoms with van der Waals surface area (Å²) in [5.74, 6) is 2.33. The standard InChI is InChI=1S/C23H38N4O2/c1-3-24-23(25-10-6-13-27-11-4-5-12-27)26-16-21-8-7-19(2)15-22(21)29-18-20-9-14-28-17-20/h7-8,15,20H,3-6,9-14,16-18H2,1-2H3,(H2,24,25,26). The number of nitrogens with zero attached hydrogens (tertiary/aromatic N) is 2. The lowest BCUT2D eigenvalue weighted by Gasteiger charge is -2.16. The van der Waals surface area contributed by atoms with Gasteiger partial charge in [0.15, 0.2) is 5.96 Å². The molecule has 1 atom stereocenters. The minimum absolute atomic E-state index is 0.501. The molecule has 0 bridgehead atoms. The molecule has 0 aromatic heterocycles. The Kier molecular flexibility index (Phi) is 9.09. The molecule has 2 saturated heterocycles. The van der Waals surface area contributed by atoms with E-state index in [4.69, 9.17) is 14.5 Å². The van der Waals surface area contributed by atoms with Crippen molar-refractivity contribution in [2.45, 2.75) is 46.1 Å². The summed E-state index contributed by atoms with van der Waals surface area (Å²) in [7, 11) is 0. The molecule has 2 fully saturated rings. The predicted molar refractivity (Wildman–Crippen MR) is 119 cm³/mol. The Hall–Kier alpha value is -1.79. The number of guanidine groups is 1. The summed E-state index contributed by atoms with van der Waals surface area (Å²) in [6.45, 7) is 12.7. The van der Waals surface area contributed by atoms with Crippen LogP contribution < -0.4 is 15.4 Å². The van der Waals surface area contributed by atoms with Crippen LogP contribution in [0.4, 0.5) is 0 Å². The second-order valence-corrected chi connectivity index (χ2v) is 8.18. The molecule has 3 rings (SSSR count). The highest BCUT2D eigenvalue weighted by molar-refractivity contribution is 5.79. The maximum absolute atomic E-state index is 6.15. The van der Waals surface area contributed by atoms with Crippen LogP contribution in [0.3, 0.4) is 0 Å². The minimum atomic E-state index is 0.501. The topological polar surface area (TPSA) is 58.1 Å². The zero-order valence-electron chi connectivity index (χ0n) is 18.2. The number of rotatable bonds is 10. The first-order valence-corrected chi connectivity index (χ1v) is 11.3. The van der Waals surface area contributed by atoms with Crippen LogP contribution in [0.25, 0.3) is 0 Å². The Labute approximate surface area is 176 Å². The number of hydrogen-bond donors (Lipinski definition) is 2. The van der Waals surface area contributed by atoms with Crippen molar-refractivity contribution in [2.24, 2.45) is 10.9 Å². The highest BCUT2D eigenvalue weighted by Gasteiger charge is 2.17. The average Bonchev–Trinajstić information content (AvgIpc) is 3.42. The molecular weight excluding hydrogens is 364 g/mol. The molecule has 29 heavy (non-hydrogen) atoms. The smallest absolute Gasteiger partial charge is 0.191 e. The van der Waals surface area contributed by atoms with E-state index in [9.17, 15) is 0 Å². The van der Waals surface area contributed by atoms with E-state index in [0.29, 0.717) is 12.5 Å². The summed E-state index contributed by atoms with van der Waals surface area (Å²) in [5.41, 5.74) is 2.34. The minimum Gasteiger partial charge on any atom is -0.493 e. The summed E-state index contributed by atoms with van der Waals surface area (Å²) < 4.78 is 11.6. The SMILES string of the molecule is CCNC(=NCc1ccc(C)cc1OCC1CCOC1)NCCCN1CCCC1. The van der Waals surface area contributed by atoms with E-state index in [1.165, 1.54) is 38.0 Å². The van der Waals surface area contributed by atoms with Crippen LogP contribution in [0.1, 0.15) is 43.7 Å². The van der Waals surface area contributed by atoms with Crippen molar-refractivity contribution in [1.82, 2.24) is 15.5 Å². The van der Waals surface area contributed by atoms with Crippen LogP contribution in [0.5, 0.6) is 5.75 Å². The van der Waals surface area contributed by atoms with Gasteiger partial charge in [0, 0.05) is 31.2 Å². The van der Waals surface area contributed by atoms with Gasteiger partial charge in [-0.2, -0.15) is 0 Å². The predicted octanol–water partition coefficient (Wildman–Crippen LogP) is 2.95. The number of benzene rings is 1. The van der Waals surface area contributed by atoms with E-state index in [2.05, 4.69) is 47.6 Å². The number of aryl methyl sites for hydroxylation is 1. The van der Waals surface area contributed by atoms with Crippen molar-refractivity contribution in [3.05, 3.63) is 29.3 Å². The van der Waals surface area contributed by atoms with Crippen molar-refractivity contribution in [3.8, 4) is 5.75 Å². The van der Waals surface area contributed by atoms with E-state index in [1.54, 1.807) is 0 Å². The van der Waals surface area contributed by atoms with Crippen LogP contribution >= 0.6 is 0 Å².